The molecule has 4 aromatic rings. The minimum atomic E-state index is -4.72. The Morgan fingerprint density at radius 2 is 1.77 bits per heavy atom. The summed E-state index contributed by atoms with van der Waals surface area (Å²) in [5, 5.41) is 14.6. The first-order valence-electron chi connectivity index (χ1n) is 8.51. The lowest BCUT2D eigenvalue weighted by molar-refractivity contribution is -0.137. The van der Waals surface area contributed by atoms with Gasteiger partial charge in [0.2, 0.25) is 5.82 Å². The first kappa shape index (κ1) is 21.0. The van der Waals surface area contributed by atoms with Crippen LogP contribution in [0.15, 0.2) is 40.8 Å². The molecule has 0 atom stereocenters. The van der Waals surface area contributed by atoms with Crippen molar-refractivity contribution in [3.63, 3.8) is 0 Å². The molecule has 0 bridgehead atoms. The molecule has 2 aromatic carbocycles. The third kappa shape index (κ3) is 4.15. The van der Waals surface area contributed by atoms with E-state index in [1.54, 1.807) is 0 Å². The molecule has 0 amide bonds. The van der Waals surface area contributed by atoms with E-state index in [9.17, 15) is 26.3 Å². The summed E-state index contributed by atoms with van der Waals surface area (Å²) in [4.78, 5) is 0. The number of nitrogens with zero attached hydrogens (tertiary/aromatic N) is 3. The fraction of sp³-hybridized carbons (Fsp3) is 0.167. The maximum absolute atomic E-state index is 13.6. The van der Waals surface area contributed by atoms with Crippen LogP contribution in [0.1, 0.15) is 16.7 Å². The van der Waals surface area contributed by atoms with Gasteiger partial charge in [-0.15, -0.1) is 10.2 Å². The third-order valence-corrected chi connectivity index (χ3v) is 4.67. The number of alkyl halides is 6. The van der Waals surface area contributed by atoms with Crippen LogP contribution < -0.4 is 5.32 Å². The number of H-pyrrole nitrogens is 1. The topological polar surface area (TPSA) is 79.6 Å². The molecule has 0 spiro atoms. The Hall–Kier alpha value is -3.28. The van der Waals surface area contributed by atoms with Gasteiger partial charge in [0.1, 0.15) is 11.1 Å². The summed E-state index contributed by atoms with van der Waals surface area (Å²) in [5.41, 5.74) is -1.23. The molecule has 0 fully saturated rings. The average Bonchev–Trinajstić information content (AvgIpc) is 3.31. The number of furan rings is 1. The third-order valence-electron chi connectivity index (χ3n) is 4.36. The average molecular weight is 462 g/mol. The van der Waals surface area contributed by atoms with Crippen molar-refractivity contribution >= 4 is 28.3 Å². The zero-order chi connectivity index (χ0) is 22.4. The van der Waals surface area contributed by atoms with E-state index in [-0.39, 0.29) is 23.3 Å². The Morgan fingerprint density at radius 1 is 1.00 bits per heavy atom. The predicted octanol–water partition coefficient (Wildman–Crippen LogP) is 5.92. The van der Waals surface area contributed by atoms with Crippen molar-refractivity contribution in [3.8, 4) is 11.6 Å². The van der Waals surface area contributed by atoms with Crippen molar-refractivity contribution in [1.29, 1.82) is 0 Å². The highest BCUT2D eigenvalue weighted by atomic mass is 35.5. The van der Waals surface area contributed by atoms with E-state index < -0.39 is 34.3 Å². The number of aromatic nitrogens is 4. The van der Waals surface area contributed by atoms with Gasteiger partial charge in [0.25, 0.3) is 0 Å². The molecule has 0 aliphatic heterocycles. The van der Waals surface area contributed by atoms with Crippen LogP contribution in [0.25, 0.3) is 22.6 Å². The van der Waals surface area contributed by atoms with Crippen LogP contribution in [-0.2, 0) is 18.9 Å². The van der Waals surface area contributed by atoms with Gasteiger partial charge in [-0.25, -0.2) is 0 Å². The lowest BCUT2D eigenvalue weighted by Crippen LogP contribution is -2.07. The second-order valence-corrected chi connectivity index (χ2v) is 6.82. The number of hydrogen-bond acceptors (Lipinski definition) is 5. The van der Waals surface area contributed by atoms with E-state index >= 15 is 0 Å². The minimum absolute atomic E-state index is 0.0584. The maximum atomic E-state index is 13.6. The van der Waals surface area contributed by atoms with Crippen molar-refractivity contribution < 1.29 is 30.8 Å². The van der Waals surface area contributed by atoms with Gasteiger partial charge in [0.05, 0.1) is 10.6 Å². The minimum Gasteiger partial charge on any atom is -0.452 e. The van der Waals surface area contributed by atoms with Gasteiger partial charge in [-0.1, -0.05) is 23.7 Å². The van der Waals surface area contributed by atoms with E-state index in [0.717, 1.165) is 12.1 Å². The quantitative estimate of drug-likeness (QED) is 0.369. The Kier molecular flexibility index (Phi) is 5.04. The molecule has 31 heavy (non-hydrogen) atoms. The molecule has 2 N–H and O–H groups in total. The summed E-state index contributed by atoms with van der Waals surface area (Å²) in [6, 6.07) is 7.22. The number of anilines is 1. The molecule has 0 unspecified atom stereocenters. The number of rotatable bonds is 4. The normalized spacial score (nSPS) is 12.5. The van der Waals surface area contributed by atoms with Gasteiger partial charge in [-0.3, -0.25) is 0 Å². The number of nitrogens with one attached hydrogen (secondary N) is 2. The molecule has 0 saturated carbocycles. The van der Waals surface area contributed by atoms with Gasteiger partial charge < -0.3 is 9.73 Å². The summed E-state index contributed by atoms with van der Waals surface area (Å²) in [7, 11) is 0. The summed E-state index contributed by atoms with van der Waals surface area (Å²) in [6.07, 6.45) is -9.30. The van der Waals surface area contributed by atoms with Crippen molar-refractivity contribution in [1.82, 2.24) is 20.6 Å². The van der Waals surface area contributed by atoms with Crippen molar-refractivity contribution in [2.75, 3.05) is 5.32 Å². The van der Waals surface area contributed by atoms with Crippen LogP contribution >= 0.6 is 11.6 Å². The van der Waals surface area contributed by atoms with Gasteiger partial charge in [0.15, 0.2) is 5.76 Å². The van der Waals surface area contributed by atoms with Crippen molar-refractivity contribution in [2.24, 2.45) is 0 Å². The summed E-state index contributed by atoms with van der Waals surface area (Å²) in [6.45, 7) is 0.0945. The van der Waals surface area contributed by atoms with Crippen molar-refractivity contribution in [2.45, 2.75) is 18.9 Å². The predicted molar refractivity (Wildman–Crippen MR) is 98.2 cm³/mol. The van der Waals surface area contributed by atoms with Crippen LogP contribution in [0.5, 0.6) is 0 Å². The van der Waals surface area contributed by atoms with Crippen LogP contribution in [-0.4, -0.2) is 20.6 Å². The van der Waals surface area contributed by atoms with Crippen LogP contribution in [0.3, 0.4) is 0 Å². The number of hydrogen-bond donors (Lipinski definition) is 2. The number of fused-ring (bicyclic) bond motifs is 1. The van der Waals surface area contributed by atoms with Gasteiger partial charge in [0, 0.05) is 17.6 Å². The molecule has 0 aliphatic carbocycles. The molecule has 6 nitrogen and oxygen atoms in total. The fourth-order valence-electron chi connectivity index (χ4n) is 3.01. The molecule has 4 rings (SSSR count). The zero-order valence-electron chi connectivity index (χ0n) is 15.1. The molecular formula is C18H10ClF6N5O. The van der Waals surface area contributed by atoms with Crippen LogP contribution in [0.4, 0.5) is 32.0 Å². The van der Waals surface area contributed by atoms with E-state index in [4.69, 9.17) is 16.0 Å². The highest BCUT2D eigenvalue weighted by Gasteiger charge is 2.40. The highest BCUT2D eigenvalue weighted by molar-refractivity contribution is 6.31. The molecule has 162 valence electrons. The van der Waals surface area contributed by atoms with Crippen LogP contribution in [0, 0.1) is 0 Å². The molecular weight excluding hydrogens is 452 g/mol. The fourth-order valence-corrected chi connectivity index (χ4v) is 3.29. The van der Waals surface area contributed by atoms with Gasteiger partial charge in [-0.2, -0.15) is 31.6 Å². The molecule has 0 saturated heterocycles. The van der Waals surface area contributed by atoms with Gasteiger partial charge in [-0.05, 0) is 35.0 Å². The smallest absolute Gasteiger partial charge is 0.420 e. The molecule has 13 heteroatoms. The lowest BCUT2D eigenvalue weighted by atomic mass is 10.1. The van der Waals surface area contributed by atoms with Crippen molar-refractivity contribution in [3.05, 3.63) is 58.1 Å². The molecule has 2 aromatic heterocycles. The summed E-state index contributed by atoms with van der Waals surface area (Å²) >= 11 is 5.68. The second-order valence-electron chi connectivity index (χ2n) is 6.42. The van der Waals surface area contributed by atoms with Crippen LogP contribution in [0.2, 0.25) is 5.02 Å². The molecule has 0 radical (unpaired) electrons. The molecule has 0 aliphatic rings. The first-order valence-corrected chi connectivity index (χ1v) is 8.89. The maximum Gasteiger partial charge on any atom is 0.420 e. The Balaban J connectivity index is 1.62. The Bertz CT molecular complexity index is 1230. The summed E-state index contributed by atoms with van der Waals surface area (Å²) < 4.78 is 84.5. The van der Waals surface area contributed by atoms with E-state index in [0.29, 0.717) is 11.3 Å². The Labute approximate surface area is 174 Å². The monoisotopic (exact) mass is 461 g/mol. The number of halogens is 7. The Morgan fingerprint density at radius 3 is 2.39 bits per heavy atom. The SMILES string of the molecule is FC(F)(F)c1ccc(NCc2ccc3c(C(F)(F)F)c(-c4nn[nH]n4)oc3c2)cc1Cl. The van der Waals surface area contributed by atoms with Gasteiger partial charge >= 0.3 is 12.4 Å². The highest BCUT2D eigenvalue weighted by Crippen LogP contribution is 2.43. The molecule has 2 heterocycles. The number of aromatic amines is 1. The lowest BCUT2D eigenvalue weighted by Gasteiger charge is -2.12. The number of tetrazole rings is 1. The number of benzene rings is 2. The largest absolute Gasteiger partial charge is 0.452 e. The first-order chi connectivity index (χ1) is 14.5. The zero-order valence-corrected chi connectivity index (χ0v) is 15.8. The van der Waals surface area contributed by atoms with E-state index in [1.807, 2.05) is 0 Å². The standard InChI is InChI=1S/C18H10ClF6N5O/c19-12-6-9(2-4-11(12)17(20,21)22)26-7-8-1-3-10-13(5-8)31-15(14(10)18(23,24)25)16-27-29-30-28-16/h1-6,26H,7H2,(H,27,28,29,30). The summed E-state index contributed by atoms with van der Waals surface area (Å²) in [5.74, 6) is -0.918. The van der Waals surface area contributed by atoms with E-state index in [2.05, 4.69) is 25.9 Å². The van der Waals surface area contributed by atoms with E-state index in [1.165, 1.54) is 24.3 Å². The second kappa shape index (κ2) is 7.45.